The molecule has 3 amide bonds. The van der Waals surface area contributed by atoms with Gasteiger partial charge in [-0.15, -0.1) is 0 Å². The van der Waals surface area contributed by atoms with Gasteiger partial charge in [0.2, 0.25) is 0 Å². The third-order valence-corrected chi connectivity index (χ3v) is 3.56. The van der Waals surface area contributed by atoms with E-state index in [1.54, 1.807) is 24.3 Å². The molecular formula is C20H28N2O6. The van der Waals surface area contributed by atoms with Gasteiger partial charge >= 0.3 is 12.0 Å². The van der Waals surface area contributed by atoms with E-state index in [9.17, 15) is 14.4 Å². The maximum absolute atomic E-state index is 11.9. The number of unbranched alkanes of at least 4 members (excludes halogenated alkanes) is 1. The van der Waals surface area contributed by atoms with Crippen molar-refractivity contribution < 1.29 is 28.6 Å². The van der Waals surface area contributed by atoms with Gasteiger partial charge in [-0.05, 0) is 44.0 Å². The van der Waals surface area contributed by atoms with E-state index in [1.807, 2.05) is 12.2 Å². The summed E-state index contributed by atoms with van der Waals surface area (Å²) in [5.74, 6) is -0.184. The number of urea groups is 1. The zero-order valence-corrected chi connectivity index (χ0v) is 16.7. The summed E-state index contributed by atoms with van der Waals surface area (Å²) in [4.78, 5) is 34.7. The lowest BCUT2D eigenvalue weighted by Gasteiger charge is -2.12. The van der Waals surface area contributed by atoms with Gasteiger partial charge in [0, 0.05) is 13.1 Å². The Balaban J connectivity index is 2.71. The van der Waals surface area contributed by atoms with Gasteiger partial charge in [-0.25, -0.2) is 9.59 Å². The summed E-state index contributed by atoms with van der Waals surface area (Å²) in [5, 5.41) is 4.28. The van der Waals surface area contributed by atoms with Crippen molar-refractivity contribution >= 4 is 24.0 Å². The Kier molecular flexibility index (Phi) is 10.2. The second-order valence-electron chi connectivity index (χ2n) is 5.82. The van der Waals surface area contributed by atoms with Crippen LogP contribution in [-0.4, -0.2) is 44.3 Å². The number of esters is 1. The molecule has 0 unspecified atom stereocenters. The van der Waals surface area contributed by atoms with Crippen LogP contribution in [0.15, 0.2) is 24.3 Å². The first-order chi connectivity index (χ1) is 13.4. The number of hydrogen-bond acceptors (Lipinski definition) is 6. The van der Waals surface area contributed by atoms with E-state index in [0.717, 1.165) is 12.8 Å². The fraction of sp³-hybridized carbons (Fsp3) is 0.450. The molecule has 1 atom stereocenters. The van der Waals surface area contributed by atoms with Crippen LogP contribution in [0.5, 0.6) is 11.5 Å². The molecular weight excluding hydrogens is 364 g/mol. The van der Waals surface area contributed by atoms with Gasteiger partial charge in [0.05, 0.1) is 13.2 Å². The van der Waals surface area contributed by atoms with Crippen molar-refractivity contribution in [3.05, 3.63) is 29.8 Å². The monoisotopic (exact) mass is 392 g/mol. The molecule has 0 aliphatic carbocycles. The van der Waals surface area contributed by atoms with Crippen LogP contribution in [0.2, 0.25) is 0 Å². The Morgan fingerprint density at radius 2 is 1.89 bits per heavy atom. The highest BCUT2D eigenvalue weighted by atomic mass is 16.5. The quantitative estimate of drug-likeness (QED) is 0.360. The summed E-state index contributed by atoms with van der Waals surface area (Å²) < 4.78 is 16.3. The molecule has 28 heavy (non-hydrogen) atoms. The van der Waals surface area contributed by atoms with Crippen LogP contribution >= 0.6 is 0 Å². The number of rotatable bonds is 10. The van der Waals surface area contributed by atoms with Crippen LogP contribution in [0.25, 0.3) is 6.08 Å². The molecule has 0 fully saturated rings. The number of benzene rings is 1. The van der Waals surface area contributed by atoms with Gasteiger partial charge in [-0.2, -0.15) is 0 Å². The van der Waals surface area contributed by atoms with Crippen molar-refractivity contribution in [2.75, 3.05) is 20.3 Å². The Bertz CT molecular complexity index is 702. The van der Waals surface area contributed by atoms with Crippen LogP contribution in [0.4, 0.5) is 4.79 Å². The average Bonchev–Trinajstić information content (AvgIpc) is 2.67. The molecule has 0 saturated heterocycles. The maximum atomic E-state index is 11.9. The van der Waals surface area contributed by atoms with E-state index in [1.165, 1.54) is 20.0 Å². The van der Waals surface area contributed by atoms with E-state index in [0.29, 0.717) is 30.3 Å². The standard InChI is InChI=1S/C20H28N2O6/c1-5-7-12-27-16-10-8-15(13-17(16)26-6-2)9-11-18(23)28-14(3)19(24)22-20(25)21-4/h8-11,13-14H,5-7,12H2,1-4H3,(H2,21,22,24,25)/b11-9+/t14-/m1/s1. The number of imide groups is 1. The number of amides is 3. The van der Waals surface area contributed by atoms with E-state index in [4.69, 9.17) is 14.2 Å². The maximum Gasteiger partial charge on any atom is 0.331 e. The minimum atomic E-state index is -1.11. The molecule has 0 aromatic heterocycles. The smallest absolute Gasteiger partial charge is 0.331 e. The first kappa shape index (κ1) is 23.0. The lowest BCUT2D eigenvalue weighted by atomic mass is 10.2. The molecule has 0 saturated carbocycles. The van der Waals surface area contributed by atoms with Crippen molar-refractivity contribution in [3.8, 4) is 11.5 Å². The summed E-state index contributed by atoms with van der Waals surface area (Å²) >= 11 is 0. The largest absolute Gasteiger partial charge is 0.490 e. The van der Waals surface area contributed by atoms with Crippen LogP contribution in [0.3, 0.4) is 0 Å². The van der Waals surface area contributed by atoms with E-state index >= 15 is 0 Å². The molecule has 0 bridgehead atoms. The third kappa shape index (κ3) is 8.11. The van der Waals surface area contributed by atoms with Crippen LogP contribution in [-0.2, 0) is 14.3 Å². The Labute approximate surface area is 165 Å². The average molecular weight is 392 g/mol. The number of nitrogens with one attached hydrogen (secondary N) is 2. The topological polar surface area (TPSA) is 103 Å². The SMILES string of the molecule is CCCCOc1ccc(/C=C/C(=O)O[C@H](C)C(=O)NC(=O)NC)cc1OCC. The first-order valence-corrected chi connectivity index (χ1v) is 9.22. The summed E-state index contributed by atoms with van der Waals surface area (Å²) in [5.41, 5.74) is 0.714. The lowest BCUT2D eigenvalue weighted by Crippen LogP contribution is -2.43. The second-order valence-corrected chi connectivity index (χ2v) is 5.82. The highest BCUT2D eigenvalue weighted by Crippen LogP contribution is 2.29. The fourth-order valence-electron chi connectivity index (χ4n) is 2.05. The highest BCUT2D eigenvalue weighted by Gasteiger charge is 2.18. The van der Waals surface area contributed by atoms with Crippen LogP contribution in [0.1, 0.15) is 39.2 Å². The normalized spacial score (nSPS) is 11.6. The zero-order valence-electron chi connectivity index (χ0n) is 16.7. The fourth-order valence-corrected chi connectivity index (χ4v) is 2.05. The number of ether oxygens (including phenoxy) is 3. The summed E-state index contributed by atoms with van der Waals surface area (Å²) in [6.07, 6.45) is 3.62. The highest BCUT2D eigenvalue weighted by molar-refractivity contribution is 5.98. The van der Waals surface area contributed by atoms with Gasteiger partial charge in [0.15, 0.2) is 17.6 Å². The van der Waals surface area contributed by atoms with Crippen molar-refractivity contribution in [2.45, 2.75) is 39.7 Å². The van der Waals surface area contributed by atoms with E-state index in [-0.39, 0.29) is 0 Å². The third-order valence-electron chi connectivity index (χ3n) is 3.56. The number of hydrogen-bond donors (Lipinski definition) is 2. The van der Waals surface area contributed by atoms with Gasteiger partial charge in [-0.1, -0.05) is 19.4 Å². The van der Waals surface area contributed by atoms with Gasteiger partial charge in [-0.3, -0.25) is 10.1 Å². The van der Waals surface area contributed by atoms with Crippen LogP contribution in [0, 0.1) is 0 Å². The Morgan fingerprint density at radius 1 is 1.14 bits per heavy atom. The van der Waals surface area contributed by atoms with Crippen molar-refractivity contribution in [1.82, 2.24) is 10.6 Å². The molecule has 1 rings (SSSR count). The predicted octanol–water partition coefficient (Wildman–Crippen LogP) is 2.66. The first-order valence-electron chi connectivity index (χ1n) is 9.22. The molecule has 8 heteroatoms. The Morgan fingerprint density at radius 3 is 2.54 bits per heavy atom. The molecule has 0 radical (unpaired) electrons. The van der Waals surface area contributed by atoms with E-state index < -0.39 is 24.0 Å². The van der Waals surface area contributed by atoms with Crippen LogP contribution < -0.4 is 20.1 Å². The molecule has 0 heterocycles. The second kappa shape index (κ2) is 12.4. The van der Waals surface area contributed by atoms with Crippen molar-refractivity contribution in [2.24, 2.45) is 0 Å². The molecule has 0 aliphatic heterocycles. The summed E-state index contributed by atoms with van der Waals surface area (Å²) in [6.45, 7) is 6.43. The predicted molar refractivity (Wildman–Crippen MR) is 105 cm³/mol. The van der Waals surface area contributed by atoms with Gasteiger partial charge in [0.25, 0.3) is 5.91 Å². The molecule has 1 aromatic carbocycles. The molecule has 1 aromatic rings. The minimum Gasteiger partial charge on any atom is -0.490 e. The molecule has 8 nitrogen and oxygen atoms in total. The summed E-state index contributed by atoms with van der Waals surface area (Å²) in [6, 6.07) is 4.66. The number of carbonyl (C=O) groups is 3. The van der Waals surface area contributed by atoms with Crippen molar-refractivity contribution in [1.29, 1.82) is 0 Å². The molecule has 0 aliphatic rings. The number of carbonyl (C=O) groups excluding carboxylic acids is 3. The van der Waals surface area contributed by atoms with Crippen molar-refractivity contribution in [3.63, 3.8) is 0 Å². The van der Waals surface area contributed by atoms with E-state index in [2.05, 4.69) is 12.2 Å². The molecule has 2 N–H and O–H groups in total. The summed E-state index contributed by atoms with van der Waals surface area (Å²) in [7, 11) is 1.37. The Hall–Kier alpha value is -3.03. The zero-order chi connectivity index (χ0) is 20.9. The lowest BCUT2D eigenvalue weighted by molar-refractivity contribution is -0.149. The molecule has 154 valence electrons. The molecule has 0 spiro atoms. The van der Waals surface area contributed by atoms with Gasteiger partial charge < -0.3 is 19.5 Å². The minimum absolute atomic E-state index is 0.483. The van der Waals surface area contributed by atoms with Gasteiger partial charge in [0.1, 0.15) is 0 Å².